The first kappa shape index (κ1) is 16.2. The normalized spacial score (nSPS) is 11.3. The van der Waals surface area contributed by atoms with Crippen LogP contribution in [0.2, 0.25) is 0 Å². The molecule has 0 spiro atoms. The molecule has 0 fully saturated rings. The molecule has 0 aliphatic heterocycles. The van der Waals surface area contributed by atoms with Crippen molar-refractivity contribution in [2.75, 3.05) is 11.8 Å². The van der Waals surface area contributed by atoms with Crippen molar-refractivity contribution in [3.8, 4) is 5.75 Å². The molecule has 4 nitrogen and oxygen atoms in total. The first-order valence-corrected chi connectivity index (χ1v) is 7.86. The highest BCUT2D eigenvalue weighted by atomic mass is 32.2. The van der Waals surface area contributed by atoms with E-state index in [1.165, 1.54) is 13.2 Å². The lowest BCUT2D eigenvalue weighted by molar-refractivity contribution is 0.411. The number of halogens is 2. The highest BCUT2D eigenvalue weighted by Crippen LogP contribution is 2.27. The zero-order valence-corrected chi connectivity index (χ0v) is 13.1. The topological polar surface area (TPSA) is 55.4 Å². The number of anilines is 1. The molecule has 0 aromatic heterocycles. The summed E-state index contributed by atoms with van der Waals surface area (Å²) in [6.45, 7) is 3.34. The van der Waals surface area contributed by atoms with Gasteiger partial charge in [-0.1, -0.05) is 0 Å². The van der Waals surface area contributed by atoms with Gasteiger partial charge in [0.05, 0.1) is 17.7 Å². The third kappa shape index (κ3) is 3.19. The highest BCUT2D eigenvalue weighted by molar-refractivity contribution is 7.92. The zero-order valence-electron chi connectivity index (χ0n) is 12.3. The maximum Gasteiger partial charge on any atom is 0.262 e. The molecule has 0 aliphatic carbocycles. The van der Waals surface area contributed by atoms with Gasteiger partial charge < -0.3 is 4.74 Å². The molecule has 118 valence electrons. The van der Waals surface area contributed by atoms with E-state index in [0.717, 1.165) is 18.2 Å². The lowest BCUT2D eigenvalue weighted by Crippen LogP contribution is -2.15. The molecule has 7 heteroatoms. The molecule has 1 N–H and O–H groups in total. The number of nitrogens with one attached hydrogen (secondary N) is 1. The second-order valence-corrected chi connectivity index (χ2v) is 6.47. The van der Waals surface area contributed by atoms with E-state index in [1.807, 2.05) is 0 Å². The number of hydrogen-bond donors (Lipinski definition) is 1. The summed E-state index contributed by atoms with van der Waals surface area (Å²) in [4.78, 5) is 0.0514. The second-order valence-electron chi connectivity index (χ2n) is 4.82. The second kappa shape index (κ2) is 5.92. The van der Waals surface area contributed by atoms with Gasteiger partial charge in [0, 0.05) is 6.07 Å². The van der Waals surface area contributed by atoms with Crippen molar-refractivity contribution < 1.29 is 21.9 Å². The van der Waals surface area contributed by atoms with Crippen molar-refractivity contribution in [3.05, 3.63) is 53.1 Å². The van der Waals surface area contributed by atoms with Gasteiger partial charge in [-0.2, -0.15) is 0 Å². The smallest absolute Gasteiger partial charge is 0.262 e. The van der Waals surface area contributed by atoms with Crippen LogP contribution in [0.4, 0.5) is 14.5 Å². The van der Waals surface area contributed by atoms with Gasteiger partial charge in [-0.25, -0.2) is 17.2 Å². The summed E-state index contributed by atoms with van der Waals surface area (Å²) in [6.07, 6.45) is 0. The van der Waals surface area contributed by atoms with Crippen molar-refractivity contribution in [1.29, 1.82) is 0 Å². The van der Waals surface area contributed by atoms with Crippen LogP contribution in [0.25, 0.3) is 0 Å². The number of hydrogen-bond acceptors (Lipinski definition) is 3. The number of rotatable bonds is 4. The van der Waals surface area contributed by atoms with Crippen LogP contribution in [0.3, 0.4) is 0 Å². The van der Waals surface area contributed by atoms with Crippen molar-refractivity contribution in [3.63, 3.8) is 0 Å². The van der Waals surface area contributed by atoms with E-state index in [9.17, 15) is 17.2 Å². The highest BCUT2D eigenvalue weighted by Gasteiger charge is 2.19. The number of ether oxygens (including phenoxy) is 1. The van der Waals surface area contributed by atoms with Gasteiger partial charge >= 0.3 is 0 Å². The van der Waals surface area contributed by atoms with Gasteiger partial charge in [0.1, 0.15) is 5.75 Å². The van der Waals surface area contributed by atoms with Gasteiger partial charge in [-0.15, -0.1) is 0 Å². The number of aryl methyl sites for hydroxylation is 2. The summed E-state index contributed by atoms with van der Waals surface area (Å²) < 4.78 is 58.2. The van der Waals surface area contributed by atoms with Crippen LogP contribution in [0.15, 0.2) is 35.2 Å². The first-order chi connectivity index (χ1) is 10.2. The molecule has 22 heavy (non-hydrogen) atoms. The summed E-state index contributed by atoms with van der Waals surface area (Å²) in [5.74, 6) is -1.59. The molecule has 0 atom stereocenters. The predicted octanol–water partition coefficient (Wildman–Crippen LogP) is 3.39. The monoisotopic (exact) mass is 327 g/mol. The quantitative estimate of drug-likeness (QED) is 0.936. The molecule has 0 saturated heterocycles. The van der Waals surface area contributed by atoms with Gasteiger partial charge in [-0.3, -0.25) is 4.72 Å². The molecule has 2 rings (SSSR count). The van der Waals surface area contributed by atoms with E-state index in [4.69, 9.17) is 4.74 Å². The predicted molar refractivity (Wildman–Crippen MR) is 79.6 cm³/mol. The Morgan fingerprint density at radius 2 is 1.68 bits per heavy atom. The SMILES string of the molecule is COc1cc(C)c(S(=O)(=O)Nc2ccc(F)c(F)c2)cc1C. The number of sulfonamides is 1. The van der Waals surface area contributed by atoms with Crippen LogP contribution >= 0.6 is 0 Å². The third-order valence-electron chi connectivity index (χ3n) is 3.15. The third-order valence-corrected chi connectivity index (χ3v) is 4.68. The number of methoxy groups -OCH3 is 1. The molecule has 0 unspecified atom stereocenters. The number of benzene rings is 2. The lowest BCUT2D eigenvalue weighted by atomic mass is 10.1. The van der Waals surface area contributed by atoms with Gasteiger partial charge in [0.25, 0.3) is 10.0 Å². The Kier molecular flexibility index (Phi) is 4.37. The van der Waals surface area contributed by atoms with Gasteiger partial charge in [0.2, 0.25) is 0 Å². The summed E-state index contributed by atoms with van der Waals surface area (Å²) in [5.41, 5.74) is 1.09. The maximum absolute atomic E-state index is 13.2. The van der Waals surface area contributed by atoms with E-state index in [1.54, 1.807) is 19.9 Å². The summed E-state index contributed by atoms with van der Waals surface area (Å²) in [6, 6.07) is 5.88. The summed E-state index contributed by atoms with van der Waals surface area (Å²) in [7, 11) is -2.42. The van der Waals surface area contributed by atoms with Crippen molar-refractivity contribution in [1.82, 2.24) is 0 Å². The first-order valence-electron chi connectivity index (χ1n) is 6.37. The molecule has 0 heterocycles. The van der Waals surface area contributed by atoms with Crippen LogP contribution in [0, 0.1) is 25.5 Å². The maximum atomic E-state index is 13.2. The summed E-state index contributed by atoms with van der Waals surface area (Å²) in [5, 5.41) is 0. The fourth-order valence-electron chi connectivity index (χ4n) is 2.04. The van der Waals surface area contributed by atoms with Gasteiger partial charge in [0.15, 0.2) is 11.6 Å². The Morgan fingerprint density at radius 3 is 2.27 bits per heavy atom. The van der Waals surface area contributed by atoms with Crippen LogP contribution < -0.4 is 9.46 Å². The Morgan fingerprint density at radius 1 is 1.00 bits per heavy atom. The van der Waals surface area contributed by atoms with Crippen LogP contribution in [-0.2, 0) is 10.0 Å². The molecule has 0 aliphatic rings. The lowest BCUT2D eigenvalue weighted by Gasteiger charge is -2.13. The van der Waals surface area contributed by atoms with Crippen molar-refractivity contribution in [2.45, 2.75) is 18.7 Å². The Balaban J connectivity index is 2.42. The van der Waals surface area contributed by atoms with E-state index in [2.05, 4.69) is 4.72 Å². The van der Waals surface area contributed by atoms with Crippen LogP contribution in [0.5, 0.6) is 5.75 Å². The fourth-order valence-corrected chi connectivity index (χ4v) is 3.40. The Hall–Kier alpha value is -2.15. The van der Waals surface area contributed by atoms with Crippen molar-refractivity contribution >= 4 is 15.7 Å². The minimum Gasteiger partial charge on any atom is -0.496 e. The fraction of sp³-hybridized carbons (Fsp3) is 0.200. The molecule has 2 aromatic carbocycles. The zero-order chi connectivity index (χ0) is 16.5. The molecule has 0 radical (unpaired) electrons. The molecular weight excluding hydrogens is 312 g/mol. The molecule has 0 saturated carbocycles. The standard InChI is InChI=1S/C15H15F2NO3S/c1-9-7-15(10(2)6-14(9)21-3)22(19,20)18-11-4-5-12(16)13(17)8-11/h4-8,18H,1-3H3. The van der Waals surface area contributed by atoms with Crippen LogP contribution in [0.1, 0.15) is 11.1 Å². The van der Waals surface area contributed by atoms with E-state index < -0.39 is 21.7 Å². The average Bonchev–Trinajstić information content (AvgIpc) is 2.44. The molecule has 0 amide bonds. The van der Waals surface area contributed by atoms with E-state index >= 15 is 0 Å². The molecular formula is C15H15F2NO3S. The molecule has 0 bridgehead atoms. The van der Waals surface area contributed by atoms with Crippen molar-refractivity contribution in [2.24, 2.45) is 0 Å². The molecule has 2 aromatic rings. The summed E-state index contributed by atoms with van der Waals surface area (Å²) >= 11 is 0. The Labute approximate surface area is 127 Å². The van der Waals surface area contributed by atoms with E-state index in [0.29, 0.717) is 16.9 Å². The van der Waals surface area contributed by atoms with E-state index in [-0.39, 0.29) is 10.6 Å². The minimum absolute atomic E-state index is 0.0493. The van der Waals surface area contributed by atoms with Crippen LogP contribution in [-0.4, -0.2) is 15.5 Å². The average molecular weight is 327 g/mol. The Bertz CT molecular complexity index is 820. The van der Waals surface area contributed by atoms with Gasteiger partial charge in [-0.05, 0) is 49.2 Å². The largest absolute Gasteiger partial charge is 0.496 e. The minimum atomic E-state index is -3.92.